The van der Waals surface area contributed by atoms with E-state index in [-0.39, 0.29) is 0 Å². The van der Waals surface area contributed by atoms with Crippen LogP contribution in [0.3, 0.4) is 0 Å². The zero-order valence-electron chi connectivity index (χ0n) is 10.7. The summed E-state index contributed by atoms with van der Waals surface area (Å²) >= 11 is 0. The van der Waals surface area contributed by atoms with Crippen molar-refractivity contribution >= 4 is 11.9 Å². The number of rotatable bonds is 2. The molecular weight excluding hydrogens is 148 g/mol. The molecule has 2 unspecified atom stereocenters. The molecule has 4 heteroatoms. The minimum Gasteiger partial charge on any atom is -0.481 e. The van der Waals surface area contributed by atoms with E-state index in [4.69, 9.17) is 17.1 Å². The molecule has 4 nitrogen and oxygen atoms in total. The highest BCUT2D eigenvalue weighted by molar-refractivity contribution is 5.92. The Morgan fingerprint density at radius 1 is 1.45 bits per heavy atom. The molecule has 2 atom stereocenters. The molecule has 0 aromatic rings. The number of aliphatic carboxylic acids is 2. The third-order valence-corrected chi connectivity index (χ3v) is 1.87. The first-order valence-electron chi connectivity index (χ1n) is 5.36. The first-order chi connectivity index (χ1) is 6.89. The van der Waals surface area contributed by atoms with E-state index < -0.39 is 36.0 Å². The van der Waals surface area contributed by atoms with Gasteiger partial charge in [-0.3, -0.25) is 9.59 Å². The van der Waals surface area contributed by atoms with Crippen molar-refractivity contribution in [3.63, 3.8) is 0 Å². The van der Waals surface area contributed by atoms with E-state index >= 15 is 0 Å². The summed E-state index contributed by atoms with van der Waals surface area (Å²) in [6, 6.07) is 0. The first-order valence-corrected chi connectivity index (χ1v) is 2.86. The predicted molar refractivity (Wildman–Crippen MR) is 36.1 cm³/mol. The molecule has 0 heterocycles. The van der Waals surface area contributed by atoms with Gasteiger partial charge in [0.15, 0.2) is 0 Å². The van der Waals surface area contributed by atoms with Crippen LogP contribution in [0.25, 0.3) is 0 Å². The second kappa shape index (κ2) is 1.75. The number of hydrogen-bond acceptors (Lipinski definition) is 2. The van der Waals surface area contributed by atoms with Crippen LogP contribution in [0.1, 0.15) is 27.0 Å². The van der Waals surface area contributed by atoms with E-state index in [1.807, 2.05) is 0 Å². The molecule has 0 aromatic carbocycles. The van der Waals surface area contributed by atoms with Gasteiger partial charge in [0, 0.05) is 6.85 Å². The van der Waals surface area contributed by atoms with Gasteiger partial charge in [-0.05, 0) is 20.1 Å². The molecular formula is C7H10O4. The molecule has 1 aliphatic rings. The van der Waals surface area contributed by atoms with Crippen LogP contribution in [0.5, 0.6) is 0 Å². The molecule has 62 valence electrons. The SMILES string of the molecule is [2H]C([2H])([2H])C1(C(=O)O)C([2H])([2H])C1(C)C(=O)O. The Morgan fingerprint density at radius 2 is 1.91 bits per heavy atom. The van der Waals surface area contributed by atoms with Crippen LogP contribution in [-0.2, 0) is 9.59 Å². The summed E-state index contributed by atoms with van der Waals surface area (Å²) < 4.78 is 36.0. The fraction of sp³-hybridized carbons (Fsp3) is 0.714. The van der Waals surface area contributed by atoms with Gasteiger partial charge in [0.05, 0.1) is 10.8 Å². The molecule has 0 aromatic heterocycles. The number of carbonyl (C=O) groups is 2. The van der Waals surface area contributed by atoms with Crippen LogP contribution < -0.4 is 0 Å². The van der Waals surface area contributed by atoms with Crippen molar-refractivity contribution in [2.24, 2.45) is 10.8 Å². The third kappa shape index (κ3) is 0.751. The molecule has 0 radical (unpaired) electrons. The lowest BCUT2D eigenvalue weighted by atomic mass is 9.97. The normalized spacial score (nSPS) is 54.1. The van der Waals surface area contributed by atoms with Crippen molar-refractivity contribution in [1.29, 1.82) is 0 Å². The summed E-state index contributed by atoms with van der Waals surface area (Å²) in [5.41, 5.74) is -5.34. The van der Waals surface area contributed by atoms with Gasteiger partial charge in [0.25, 0.3) is 0 Å². The highest BCUT2D eigenvalue weighted by Crippen LogP contribution is 2.63. The van der Waals surface area contributed by atoms with Crippen LogP contribution in [0, 0.1) is 10.8 Å². The van der Waals surface area contributed by atoms with E-state index in [2.05, 4.69) is 0 Å². The number of hydrogen-bond donors (Lipinski definition) is 2. The summed E-state index contributed by atoms with van der Waals surface area (Å²) in [6.45, 7) is -2.43. The van der Waals surface area contributed by atoms with E-state index in [1.165, 1.54) is 0 Å². The minimum atomic E-state index is -3.23. The highest BCUT2D eigenvalue weighted by atomic mass is 16.4. The lowest BCUT2D eigenvalue weighted by molar-refractivity contribution is -0.152. The summed E-state index contributed by atoms with van der Waals surface area (Å²) in [5.74, 6) is -3.72. The lowest BCUT2D eigenvalue weighted by Crippen LogP contribution is -2.24. The standard InChI is InChI=1S/C7H10O4/c1-6(4(8)9)3-7(6,2)5(10)11/h3H2,1-2H3,(H,8,9)(H,10,11)/i1D3,3D2. The lowest BCUT2D eigenvalue weighted by Gasteiger charge is -2.08. The van der Waals surface area contributed by atoms with Crippen LogP contribution >= 0.6 is 0 Å². The Morgan fingerprint density at radius 3 is 2.00 bits per heavy atom. The quantitative estimate of drug-likeness (QED) is 0.624. The molecule has 0 saturated heterocycles. The Kier molecular flexibility index (Phi) is 0.567. The number of carboxylic acids is 2. The fourth-order valence-corrected chi connectivity index (χ4v) is 0.825. The maximum Gasteiger partial charge on any atom is 0.310 e. The molecule has 0 bridgehead atoms. The predicted octanol–water partition coefficient (Wildman–Crippen LogP) is 0.572. The van der Waals surface area contributed by atoms with E-state index in [0.717, 1.165) is 6.92 Å². The highest BCUT2D eigenvalue weighted by Gasteiger charge is 2.71. The van der Waals surface area contributed by atoms with Gasteiger partial charge in [-0.15, -0.1) is 0 Å². The second-order valence-electron chi connectivity index (χ2n) is 2.61. The van der Waals surface area contributed by atoms with E-state index in [9.17, 15) is 9.59 Å². The molecule has 1 aliphatic carbocycles. The van der Waals surface area contributed by atoms with Crippen LogP contribution in [0.2, 0.25) is 0 Å². The van der Waals surface area contributed by atoms with Crippen molar-refractivity contribution in [3.05, 3.63) is 0 Å². The van der Waals surface area contributed by atoms with Gasteiger partial charge in [-0.2, -0.15) is 0 Å². The van der Waals surface area contributed by atoms with Gasteiger partial charge in [-0.1, -0.05) is 0 Å². The summed E-state index contributed by atoms with van der Waals surface area (Å²) in [5, 5.41) is 17.7. The van der Waals surface area contributed by atoms with Crippen molar-refractivity contribution in [1.82, 2.24) is 0 Å². The van der Waals surface area contributed by atoms with Gasteiger partial charge in [-0.25, -0.2) is 0 Å². The average molecular weight is 163 g/mol. The van der Waals surface area contributed by atoms with Gasteiger partial charge >= 0.3 is 11.9 Å². The van der Waals surface area contributed by atoms with Crippen molar-refractivity contribution in [3.8, 4) is 0 Å². The molecule has 0 spiro atoms. The summed E-state index contributed by atoms with van der Waals surface area (Å²) in [6.07, 6.45) is -2.82. The molecule has 0 aliphatic heterocycles. The topological polar surface area (TPSA) is 74.6 Å². The zero-order chi connectivity index (χ0) is 13.2. The number of carboxylic acid groups (broad SMARTS) is 2. The molecule has 0 amide bonds. The molecule has 1 rings (SSSR count). The maximum atomic E-state index is 11.0. The van der Waals surface area contributed by atoms with Gasteiger partial charge < -0.3 is 10.2 Å². The first kappa shape index (κ1) is 3.56. The molecule has 11 heavy (non-hydrogen) atoms. The maximum absolute atomic E-state index is 11.0. The second-order valence-corrected chi connectivity index (χ2v) is 2.61. The Balaban J connectivity index is 3.51. The molecule has 2 N–H and O–H groups in total. The fourth-order valence-electron chi connectivity index (χ4n) is 0.825. The Bertz CT molecular complexity index is 375. The van der Waals surface area contributed by atoms with Crippen molar-refractivity contribution < 1.29 is 26.7 Å². The molecule has 1 saturated carbocycles. The van der Waals surface area contributed by atoms with E-state index in [0.29, 0.717) is 0 Å². The van der Waals surface area contributed by atoms with Crippen LogP contribution in [0.15, 0.2) is 0 Å². The van der Waals surface area contributed by atoms with Crippen molar-refractivity contribution in [2.45, 2.75) is 20.1 Å². The summed E-state index contributed by atoms with van der Waals surface area (Å²) in [4.78, 5) is 21.9. The van der Waals surface area contributed by atoms with Crippen LogP contribution in [0.4, 0.5) is 0 Å². The zero-order valence-corrected chi connectivity index (χ0v) is 5.71. The smallest absolute Gasteiger partial charge is 0.310 e. The summed E-state index contributed by atoms with van der Waals surface area (Å²) in [7, 11) is 0. The van der Waals surface area contributed by atoms with Gasteiger partial charge in [0.1, 0.15) is 0 Å². The van der Waals surface area contributed by atoms with E-state index in [1.54, 1.807) is 0 Å². The molecule has 1 fully saturated rings. The van der Waals surface area contributed by atoms with Crippen molar-refractivity contribution in [2.75, 3.05) is 0 Å². The monoisotopic (exact) mass is 163 g/mol. The average Bonchev–Trinajstić information content (AvgIpc) is 2.41. The third-order valence-electron chi connectivity index (χ3n) is 1.87. The Labute approximate surface area is 70.9 Å². The largest absolute Gasteiger partial charge is 0.481 e. The van der Waals surface area contributed by atoms with Gasteiger partial charge in [0.2, 0.25) is 0 Å². The van der Waals surface area contributed by atoms with Crippen LogP contribution in [-0.4, -0.2) is 22.2 Å². The Hall–Kier alpha value is -1.06. The minimum absolute atomic E-state index is 0.801.